The summed E-state index contributed by atoms with van der Waals surface area (Å²) in [4.78, 5) is 36.3. The lowest BCUT2D eigenvalue weighted by Crippen LogP contribution is -2.41. The maximum atomic E-state index is 12.7. The quantitative estimate of drug-likeness (QED) is 0.668. The number of carbonyl (C=O) groups excluding carboxylic acids is 3. The summed E-state index contributed by atoms with van der Waals surface area (Å²) in [6.07, 6.45) is -0.0940. The summed E-state index contributed by atoms with van der Waals surface area (Å²) in [7, 11) is -3.53. The van der Waals surface area contributed by atoms with E-state index in [9.17, 15) is 22.8 Å². The van der Waals surface area contributed by atoms with Gasteiger partial charge in [-0.1, -0.05) is 6.07 Å². The highest BCUT2D eigenvalue weighted by molar-refractivity contribution is 7.91. The fourth-order valence-corrected chi connectivity index (χ4v) is 6.42. The molecule has 0 radical (unpaired) electrons. The van der Waals surface area contributed by atoms with Crippen molar-refractivity contribution in [3.05, 3.63) is 34.5 Å². The number of anilines is 1. The van der Waals surface area contributed by atoms with Crippen molar-refractivity contribution in [2.75, 3.05) is 25.0 Å². The van der Waals surface area contributed by atoms with Gasteiger partial charge in [-0.15, -0.1) is 22.7 Å². The molecule has 0 aromatic carbocycles. The molecule has 2 aromatic heterocycles. The van der Waals surface area contributed by atoms with E-state index in [0.29, 0.717) is 22.1 Å². The van der Waals surface area contributed by atoms with E-state index in [1.54, 1.807) is 29.8 Å². The van der Waals surface area contributed by atoms with E-state index in [-0.39, 0.29) is 37.1 Å². The minimum atomic E-state index is -3.53. The Morgan fingerprint density at radius 2 is 1.90 bits per heavy atom. The first-order valence-corrected chi connectivity index (χ1v) is 12.4. The van der Waals surface area contributed by atoms with E-state index in [1.807, 2.05) is 0 Å². The van der Waals surface area contributed by atoms with Crippen LogP contribution in [-0.2, 0) is 19.6 Å². The molecule has 0 saturated carbocycles. The highest BCUT2D eigenvalue weighted by atomic mass is 32.2. The van der Waals surface area contributed by atoms with Crippen molar-refractivity contribution in [1.82, 2.24) is 9.62 Å². The Labute approximate surface area is 182 Å². The number of sulfonamides is 1. The fraction of sp³-hybridized carbons (Fsp3) is 0.389. The lowest BCUT2D eigenvalue weighted by molar-refractivity contribution is -0.120. The smallest absolute Gasteiger partial charge is 0.414 e. The van der Waals surface area contributed by atoms with Gasteiger partial charge in [0.25, 0.3) is 15.9 Å². The molecular formula is C18H21N3O6S3. The second-order valence-electron chi connectivity index (χ2n) is 6.44. The van der Waals surface area contributed by atoms with Gasteiger partial charge in [0, 0.05) is 19.0 Å². The van der Waals surface area contributed by atoms with Crippen molar-refractivity contribution in [2.24, 2.45) is 5.92 Å². The molecule has 12 heteroatoms. The van der Waals surface area contributed by atoms with Crippen molar-refractivity contribution in [2.45, 2.75) is 24.0 Å². The van der Waals surface area contributed by atoms with Gasteiger partial charge in [-0.3, -0.25) is 14.9 Å². The molecule has 1 fully saturated rings. The van der Waals surface area contributed by atoms with Gasteiger partial charge >= 0.3 is 6.09 Å². The minimum Gasteiger partial charge on any atom is -0.450 e. The van der Waals surface area contributed by atoms with Crippen LogP contribution < -0.4 is 10.6 Å². The summed E-state index contributed by atoms with van der Waals surface area (Å²) in [5, 5.41) is 8.50. The summed E-state index contributed by atoms with van der Waals surface area (Å²) in [6, 6.07) is 4.76. The zero-order chi connectivity index (χ0) is 21.7. The lowest BCUT2D eigenvalue weighted by Gasteiger charge is -2.30. The predicted molar refractivity (Wildman–Crippen MR) is 113 cm³/mol. The van der Waals surface area contributed by atoms with Gasteiger partial charge in [-0.25, -0.2) is 13.2 Å². The second kappa shape index (κ2) is 9.69. The zero-order valence-corrected chi connectivity index (χ0v) is 18.6. The average molecular weight is 472 g/mol. The summed E-state index contributed by atoms with van der Waals surface area (Å²) in [6.45, 7) is 2.25. The minimum absolute atomic E-state index is 0.132. The number of piperidine rings is 1. The highest BCUT2D eigenvalue weighted by Crippen LogP contribution is 2.29. The number of amides is 3. The summed E-state index contributed by atoms with van der Waals surface area (Å²) in [5.41, 5.74) is 0.166. The third kappa shape index (κ3) is 5.06. The van der Waals surface area contributed by atoms with E-state index >= 15 is 0 Å². The standard InChI is InChI=1S/C18H21N3O6S3/c1-2-27-18(24)20-16(23)13-7-11-29-17(13)19-15(22)12-5-8-21(9-6-12)30(25,26)14-4-3-10-28-14/h3-4,7,10-12H,2,5-6,8-9H2,1H3,(H,19,22)(H,20,23,24). The monoisotopic (exact) mass is 471 g/mol. The Balaban J connectivity index is 1.58. The Hall–Kier alpha value is -2.28. The van der Waals surface area contributed by atoms with Gasteiger partial charge in [0.2, 0.25) is 5.91 Å². The fourth-order valence-electron chi connectivity index (χ4n) is 3.02. The number of hydrogen-bond donors (Lipinski definition) is 2. The number of imide groups is 1. The molecule has 1 aliphatic rings. The average Bonchev–Trinajstić information content (AvgIpc) is 3.40. The Morgan fingerprint density at radius 3 is 2.53 bits per heavy atom. The maximum absolute atomic E-state index is 12.7. The number of rotatable bonds is 6. The van der Waals surface area contributed by atoms with Crippen LogP contribution in [0, 0.1) is 5.92 Å². The molecule has 1 aliphatic heterocycles. The number of carbonyl (C=O) groups is 3. The molecule has 162 valence electrons. The van der Waals surface area contributed by atoms with E-state index in [2.05, 4.69) is 15.4 Å². The van der Waals surface area contributed by atoms with Crippen molar-refractivity contribution >= 4 is 55.6 Å². The molecular weight excluding hydrogens is 450 g/mol. The first-order valence-electron chi connectivity index (χ1n) is 9.23. The molecule has 30 heavy (non-hydrogen) atoms. The van der Waals surface area contributed by atoms with Crippen LogP contribution in [0.1, 0.15) is 30.1 Å². The molecule has 2 N–H and O–H groups in total. The van der Waals surface area contributed by atoms with Crippen LogP contribution in [0.4, 0.5) is 9.80 Å². The summed E-state index contributed by atoms with van der Waals surface area (Å²) in [5.74, 6) is -1.32. The van der Waals surface area contributed by atoms with Gasteiger partial charge < -0.3 is 10.1 Å². The molecule has 0 unspecified atom stereocenters. The Kier molecular flexibility index (Phi) is 7.23. The molecule has 3 amide bonds. The molecule has 0 atom stereocenters. The predicted octanol–water partition coefficient (Wildman–Crippen LogP) is 2.74. The van der Waals surface area contributed by atoms with E-state index in [1.165, 1.54) is 21.7 Å². The Bertz CT molecular complexity index is 1010. The van der Waals surface area contributed by atoms with E-state index in [0.717, 1.165) is 11.3 Å². The number of alkyl carbamates (subject to hydrolysis) is 1. The van der Waals surface area contributed by atoms with Gasteiger partial charge in [0.15, 0.2) is 0 Å². The van der Waals surface area contributed by atoms with Gasteiger partial charge in [-0.2, -0.15) is 4.31 Å². The van der Waals surface area contributed by atoms with Crippen LogP contribution in [0.5, 0.6) is 0 Å². The summed E-state index contributed by atoms with van der Waals surface area (Å²) < 4.78 is 31.6. The van der Waals surface area contributed by atoms with E-state index in [4.69, 9.17) is 0 Å². The van der Waals surface area contributed by atoms with Crippen LogP contribution in [0.3, 0.4) is 0 Å². The topological polar surface area (TPSA) is 122 Å². The van der Waals surface area contributed by atoms with Crippen LogP contribution in [-0.4, -0.2) is 50.3 Å². The Morgan fingerprint density at radius 1 is 1.17 bits per heavy atom. The van der Waals surface area contributed by atoms with Crippen molar-refractivity contribution in [3.8, 4) is 0 Å². The highest BCUT2D eigenvalue weighted by Gasteiger charge is 2.33. The number of nitrogens with one attached hydrogen (secondary N) is 2. The van der Waals surface area contributed by atoms with Crippen molar-refractivity contribution < 1.29 is 27.5 Å². The lowest BCUT2D eigenvalue weighted by atomic mass is 9.97. The van der Waals surface area contributed by atoms with Crippen LogP contribution in [0.15, 0.2) is 33.2 Å². The largest absolute Gasteiger partial charge is 0.450 e. The molecule has 3 rings (SSSR count). The van der Waals surface area contributed by atoms with Gasteiger partial charge in [0.05, 0.1) is 12.2 Å². The van der Waals surface area contributed by atoms with E-state index < -0.39 is 22.0 Å². The van der Waals surface area contributed by atoms with Crippen LogP contribution >= 0.6 is 22.7 Å². The van der Waals surface area contributed by atoms with Crippen LogP contribution in [0.2, 0.25) is 0 Å². The number of hydrogen-bond acceptors (Lipinski definition) is 8. The molecule has 1 saturated heterocycles. The van der Waals surface area contributed by atoms with Crippen molar-refractivity contribution in [3.63, 3.8) is 0 Å². The zero-order valence-electron chi connectivity index (χ0n) is 16.1. The van der Waals surface area contributed by atoms with Gasteiger partial charge in [0.1, 0.15) is 9.21 Å². The number of nitrogens with zero attached hydrogens (tertiary/aromatic N) is 1. The SMILES string of the molecule is CCOC(=O)NC(=O)c1ccsc1NC(=O)C1CCN(S(=O)(=O)c2cccs2)CC1. The number of ether oxygens (including phenoxy) is 1. The summed E-state index contributed by atoms with van der Waals surface area (Å²) >= 11 is 2.33. The molecule has 0 spiro atoms. The van der Waals surface area contributed by atoms with Crippen LogP contribution in [0.25, 0.3) is 0 Å². The normalized spacial score (nSPS) is 15.5. The third-order valence-electron chi connectivity index (χ3n) is 4.55. The van der Waals surface area contributed by atoms with Crippen molar-refractivity contribution in [1.29, 1.82) is 0 Å². The second-order valence-corrected chi connectivity index (χ2v) is 10.5. The van der Waals surface area contributed by atoms with Gasteiger partial charge in [-0.05, 0) is 42.7 Å². The molecule has 2 aromatic rings. The molecule has 0 aliphatic carbocycles. The first kappa shape index (κ1) is 22.4. The molecule has 0 bridgehead atoms. The maximum Gasteiger partial charge on any atom is 0.414 e. The first-order chi connectivity index (χ1) is 14.3. The molecule has 9 nitrogen and oxygen atoms in total. The number of thiophene rings is 2. The molecule has 3 heterocycles. The third-order valence-corrected chi connectivity index (χ3v) is 8.65.